The minimum absolute atomic E-state index is 0.113. The van der Waals surface area contributed by atoms with Gasteiger partial charge in [-0.25, -0.2) is 0 Å². The summed E-state index contributed by atoms with van der Waals surface area (Å²) in [4.78, 5) is 2.06. The van der Waals surface area contributed by atoms with Crippen LogP contribution in [-0.4, -0.2) is 19.9 Å². The molecule has 0 atom stereocenters. The zero-order valence-electron chi connectivity index (χ0n) is 9.49. The Hall–Kier alpha value is -2.03. The summed E-state index contributed by atoms with van der Waals surface area (Å²) in [6, 6.07) is 11.9. The number of rotatable bonds is 2. The fourth-order valence-electron chi connectivity index (χ4n) is 1.91. The summed E-state index contributed by atoms with van der Waals surface area (Å²) in [5.74, 6) is 0.113. The summed E-state index contributed by atoms with van der Waals surface area (Å²) in [6.07, 6.45) is 0. The van der Waals surface area contributed by atoms with Crippen molar-refractivity contribution in [2.24, 2.45) is 5.73 Å². The van der Waals surface area contributed by atoms with E-state index in [4.69, 9.17) is 11.1 Å². The average Bonchev–Trinajstić information content (AvgIpc) is 2.27. The van der Waals surface area contributed by atoms with Crippen LogP contribution in [0.1, 0.15) is 5.56 Å². The van der Waals surface area contributed by atoms with Crippen molar-refractivity contribution < 1.29 is 0 Å². The number of amidine groups is 1. The standard InChI is InChI=1S/C13H15N3/c1-16(2)12-8-7-11(13(14)15)9-5-3-4-6-10(9)12/h3-8H,1-2H3,(H3,14,15). The van der Waals surface area contributed by atoms with Gasteiger partial charge in [0.05, 0.1) is 0 Å². The van der Waals surface area contributed by atoms with Gasteiger partial charge in [-0.3, -0.25) is 5.41 Å². The molecule has 3 nitrogen and oxygen atoms in total. The van der Waals surface area contributed by atoms with Crippen LogP contribution >= 0.6 is 0 Å². The van der Waals surface area contributed by atoms with Crippen molar-refractivity contribution in [1.82, 2.24) is 0 Å². The van der Waals surface area contributed by atoms with Gasteiger partial charge in [-0.05, 0) is 17.5 Å². The number of hydrogen-bond acceptors (Lipinski definition) is 2. The van der Waals surface area contributed by atoms with Crippen LogP contribution in [0, 0.1) is 5.41 Å². The fourth-order valence-corrected chi connectivity index (χ4v) is 1.91. The van der Waals surface area contributed by atoms with Crippen molar-refractivity contribution in [2.75, 3.05) is 19.0 Å². The van der Waals surface area contributed by atoms with Crippen LogP contribution in [0.5, 0.6) is 0 Å². The van der Waals surface area contributed by atoms with Crippen LogP contribution in [0.2, 0.25) is 0 Å². The van der Waals surface area contributed by atoms with Gasteiger partial charge in [-0.2, -0.15) is 0 Å². The number of fused-ring (bicyclic) bond motifs is 1. The zero-order chi connectivity index (χ0) is 11.7. The van der Waals surface area contributed by atoms with E-state index in [2.05, 4.69) is 11.0 Å². The molecule has 0 bridgehead atoms. The van der Waals surface area contributed by atoms with Crippen LogP contribution < -0.4 is 10.6 Å². The Morgan fingerprint density at radius 2 is 1.69 bits per heavy atom. The molecule has 0 aliphatic heterocycles. The third-order valence-electron chi connectivity index (χ3n) is 2.67. The van der Waals surface area contributed by atoms with Gasteiger partial charge in [0.25, 0.3) is 0 Å². The number of nitrogens with zero attached hydrogens (tertiary/aromatic N) is 1. The first-order valence-electron chi connectivity index (χ1n) is 5.14. The molecule has 3 heteroatoms. The van der Waals surface area contributed by atoms with E-state index < -0.39 is 0 Å². The van der Waals surface area contributed by atoms with E-state index in [0.717, 1.165) is 22.0 Å². The molecule has 0 saturated heterocycles. The van der Waals surface area contributed by atoms with E-state index in [-0.39, 0.29) is 5.84 Å². The van der Waals surface area contributed by atoms with E-state index in [0.29, 0.717) is 0 Å². The molecular weight excluding hydrogens is 198 g/mol. The number of nitrogen functional groups attached to an aromatic ring is 1. The first-order valence-corrected chi connectivity index (χ1v) is 5.14. The lowest BCUT2D eigenvalue weighted by atomic mass is 10.0. The monoisotopic (exact) mass is 213 g/mol. The van der Waals surface area contributed by atoms with Crippen molar-refractivity contribution in [2.45, 2.75) is 0 Å². The molecule has 0 heterocycles. The first-order chi connectivity index (χ1) is 7.61. The highest BCUT2D eigenvalue weighted by molar-refractivity contribution is 6.10. The molecule has 82 valence electrons. The third kappa shape index (κ3) is 1.60. The normalized spacial score (nSPS) is 10.4. The van der Waals surface area contributed by atoms with Crippen LogP contribution in [0.3, 0.4) is 0 Å². The number of benzene rings is 2. The molecule has 2 aromatic rings. The Morgan fingerprint density at radius 3 is 2.25 bits per heavy atom. The van der Waals surface area contributed by atoms with Crippen LogP contribution in [0.15, 0.2) is 36.4 Å². The Kier molecular flexibility index (Phi) is 2.52. The quantitative estimate of drug-likeness (QED) is 0.593. The summed E-state index contributed by atoms with van der Waals surface area (Å²) in [5.41, 5.74) is 7.51. The van der Waals surface area contributed by atoms with Crippen molar-refractivity contribution in [3.05, 3.63) is 42.0 Å². The van der Waals surface area contributed by atoms with Crippen LogP contribution in [-0.2, 0) is 0 Å². The van der Waals surface area contributed by atoms with Crippen molar-refractivity contribution in [3.63, 3.8) is 0 Å². The summed E-state index contributed by atoms with van der Waals surface area (Å²) in [5, 5.41) is 9.71. The van der Waals surface area contributed by atoms with Gasteiger partial charge in [0, 0.05) is 30.7 Å². The van der Waals surface area contributed by atoms with Crippen molar-refractivity contribution in [1.29, 1.82) is 5.41 Å². The topological polar surface area (TPSA) is 53.1 Å². The molecule has 0 aromatic heterocycles. The molecule has 0 radical (unpaired) electrons. The summed E-state index contributed by atoms with van der Waals surface area (Å²) < 4.78 is 0. The highest BCUT2D eigenvalue weighted by Gasteiger charge is 2.08. The molecule has 0 aliphatic rings. The Balaban J connectivity index is 2.82. The van der Waals surface area contributed by atoms with Gasteiger partial charge in [0.15, 0.2) is 0 Å². The minimum Gasteiger partial charge on any atom is -0.384 e. The molecule has 16 heavy (non-hydrogen) atoms. The maximum Gasteiger partial charge on any atom is 0.123 e. The van der Waals surface area contributed by atoms with Crippen LogP contribution in [0.25, 0.3) is 10.8 Å². The largest absolute Gasteiger partial charge is 0.384 e. The number of anilines is 1. The lowest BCUT2D eigenvalue weighted by Crippen LogP contribution is -2.14. The highest BCUT2D eigenvalue weighted by atomic mass is 15.1. The predicted molar refractivity (Wildman–Crippen MR) is 69.3 cm³/mol. The minimum atomic E-state index is 0.113. The molecule has 2 rings (SSSR count). The van der Waals surface area contributed by atoms with Gasteiger partial charge in [0.2, 0.25) is 0 Å². The van der Waals surface area contributed by atoms with Gasteiger partial charge < -0.3 is 10.6 Å². The summed E-state index contributed by atoms with van der Waals surface area (Å²) in [6.45, 7) is 0. The molecule has 3 N–H and O–H groups in total. The second-order valence-electron chi connectivity index (χ2n) is 3.99. The van der Waals surface area contributed by atoms with Gasteiger partial charge in [-0.1, -0.05) is 24.3 Å². The van der Waals surface area contributed by atoms with Crippen molar-refractivity contribution >= 4 is 22.3 Å². The lowest BCUT2D eigenvalue weighted by molar-refractivity contribution is 1.14. The lowest BCUT2D eigenvalue weighted by Gasteiger charge is -2.17. The van der Waals surface area contributed by atoms with Gasteiger partial charge in [0.1, 0.15) is 5.84 Å². The van der Waals surface area contributed by atoms with Gasteiger partial charge in [-0.15, -0.1) is 0 Å². The van der Waals surface area contributed by atoms with E-state index in [1.165, 1.54) is 0 Å². The summed E-state index contributed by atoms with van der Waals surface area (Å²) in [7, 11) is 4.02. The Bertz CT molecular complexity index is 544. The van der Waals surface area contributed by atoms with Crippen molar-refractivity contribution in [3.8, 4) is 0 Å². The maximum absolute atomic E-state index is 7.56. The Labute approximate surface area is 95.0 Å². The summed E-state index contributed by atoms with van der Waals surface area (Å²) >= 11 is 0. The molecule has 0 aliphatic carbocycles. The van der Waals surface area contributed by atoms with Gasteiger partial charge >= 0.3 is 0 Å². The molecular formula is C13H15N3. The third-order valence-corrected chi connectivity index (χ3v) is 2.67. The van der Waals surface area contributed by atoms with E-state index in [9.17, 15) is 0 Å². The average molecular weight is 213 g/mol. The molecule has 0 fully saturated rings. The molecule has 0 saturated carbocycles. The second kappa shape index (κ2) is 3.85. The molecule has 2 aromatic carbocycles. The molecule has 0 amide bonds. The first kappa shape index (κ1) is 10.5. The molecule has 0 spiro atoms. The molecule has 0 unspecified atom stereocenters. The smallest absolute Gasteiger partial charge is 0.123 e. The van der Waals surface area contributed by atoms with E-state index in [1.54, 1.807) is 0 Å². The SMILES string of the molecule is CN(C)c1ccc(C(=N)N)c2ccccc12. The Morgan fingerprint density at radius 1 is 1.06 bits per heavy atom. The van der Waals surface area contributed by atoms with E-state index >= 15 is 0 Å². The van der Waals surface area contributed by atoms with E-state index in [1.807, 2.05) is 44.4 Å². The second-order valence-corrected chi connectivity index (χ2v) is 3.99. The zero-order valence-corrected chi connectivity index (χ0v) is 9.49. The highest BCUT2D eigenvalue weighted by Crippen LogP contribution is 2.27. The number of nitrogens with two attached hydrogens (primary N) is 1. The van der Waals surface area contributed by atoms with Crippen LogP contribution in [0.4, 0.5) is 5.69 Å². The maximum atomic E-state index is 7.56. The number of nitrogens with one attached hydrogen (secondary N) is 1. The fraction of sp³-hybridized carbons (Fsp3) is 0.154. The number of hydrogen-bond donors (Lipinski definition) is 2. The predicted octanol–water partition coefficient (Wildman–Crippen LogP) is 2.19.